The fraction of sp³-hybridized carbons (Fsp3) is 0.250. The second-order valence-corrected chi connectivity index (χ2v) is 6.86. The fourth-order valence-electron chi connectivity index (χ4n) is 2.99. The smallest absolute Gasteiger partial charge is 0.219 e. The first kappa shape index (κ1) is 26.2. The maximum absolute atomic E-state index is 13.3. The molecule has 3 rings (SSSR count). The molecule has 0 saturated carbocycles. The van der Waals surface area contributed by atoms with E-state index in [2.05, 4.69) is 20.6 Å². The van der Waals surface area contributed by atoms with Crippen LogP contribution in [0.3, 0.4) is 0 Å². The first-order chi connectivity index (χ1) is 15.6. The zero-order valence-electron chi connectivity index (χ0n) is 18.8. The maximum Gasteiger partial charge on any atom is 0.219 e. The predicted octanol–water partition coefficient (Wildman–Crippen LogP) is 4.56. The van der Waals surface area contributed by atoms with Crippen LogP contribution in [-0.2, 0) is 13.0 Å². The first-order valence-corrected chi connectivity index (χ1v) is 10.1. The number of nitrogens with zero attached hydrogens (tertiary/aromatic N) is 2. The summed E-state index contributed by atoms with van der Waals surface area (Å²) in [5.74, 6) is 2.56. The highest BCUT2D eigenvalue weighted by molar-refractivity contribution is 14.0. The van der Waals surface area contributed by atoms with E-state index in [4.69, 9.17) is 14.2 Å². The molecule has 0 fully saturated rings. The van der Waals surface area contributed by atoms with E-state index in [0.717, 1.165) is 17.5 Å². The lowest BCUT2D eigenvalue weighted by molar-refractivity contribution is 0.354. The van der Waals surface area contributed by atoms with Gasteiger partial charge in [0.25, 0.3) is 0 Å². The predicted molar refractivity (Wildman–Crippen MR) is 138 cm³/mol. The number of pyridine rings is 1. The summed E-state index contributed by atoms with van der Waals surface area (Å²) in [6, 6.07) is 15.5. The molecule has 0 amide bonds. The first-order valence-electron chi connectivity index (χ1n) is 10.1. The summed E-state index contributed by atoms with van der Waals surface area (Å²) in [4.78, 5) is 8.52. The Bertz CT molecular complexity index is 1050. The number of halogens is 2. The Labute approximate surface area is 210 Å². The lowest BCUT2D eigenvalue weighted by Crippen LogP contribution is -2.37. The lowest BCUT2D eigenvalue weighted by atomic mass is 10.1. The van der Waals surface area contributed by atoms with Crippen molar-refractivity contribution in [1.29, 1.82) is 0 Å². The third-order valence-corrected chi connectivity index (χ3v) is 4.65. The number of rotatable bonds is 9. The Morgan fingerprint density at radius 1 is 0.970 bits per heavy atom. The number of methoxy groups -OCH3 is 2. The van der Waals surface area contributed by atoms with Crippen molar-refractivity contribution in [2.45, 2.75) is 13.0 Å². The van der Waals surface area contributed by atoms with Gasteiger partial charge in [0.2, 0.25) is 5.88 Å². The van der Waals surface area contributed by atoms with Crippen molar-refractivity contribution in [1.82, 2.24) is 15.6 Å². The molecule has 0 aliphatic rings. The van der Waals surface area contributed by atoms with Gasteiger partial charge in [-0.05, 0) is 41.8 Å². The van der Waals surface area contributed by atoms with Gasteiger partial charge in [-0.3, -0.25) is 4.99 Å². The monoisotopic (exact) mass is 566 g/mol. The van der Waals surface area contributed by atoms with E-state index in [1.165, 1.54) is 12.1 Å². The number of hydrogen-bond donors (Lipinski definition) is 2. The molecule has 0 aliphatic carbocycles. The van der Waals surface area contributed by atoms with Crippen molar-refractivity contribution < 1.29 is 18.6 Å². The molecule has 176 valence electrons. The number of hydrogen-bond acceptors (Lipinski definition) is 5. The standard InChI is InChI=1S/C24H27FN4O3.HI/c1-26-24(27-12-11-17-7-9-21(30-2)22(13-17)31-3)29-16-18-8-10-23(28-15-18)32-20-6-4-5-19(25)14-20;/h4-10,13-15H,11-12,16H2,1-3H3,(H2,26,27,29);1H. The van der Waals surface area contributed by atoms with Gasteiger partial charge in [0.1, 0.15) is 11.6 Å². The second-order valence-electron chi connectivity index (χ2n) is 6.86. The van der Waals surface area contributed by atoms with Gasteiger partial charge in [-0.2, -0.15) is 0 Å². The molecule has 2 aromatic carbocycles. The number of benzene rings is 2. The average molecular weight is 566 g/mol. The number of ether oxygens (including phenoxy) is 3. The number of aliphatic imine (C=N–C) groups is 1. The van der Waals surface area contributed by atoms with Crippen LogP contribution in [0, 0.1) is 5.82 Å². The molecule has 1 heterocycles. The Morgan fingerprint density at radius 2 is 1.76 bits per heavy atom. The molecule has 0 unspecified atom stereocenters. The van der Waals surface area contributed by atoms with E-state index in [1.807, 2.05) is 24.3 Å². The zero-order valence-corrected chi connectivity index (χ0v) is 21.1. The molecular formula is C24H28FIN4O3. The molecule has 0 spiro atoms. The lowest BCUT2D eigenvalue weighted by Gasteiger charge is -2.13. The molecule has 2 N–H and O–H groups in total. The molecule has 0 saturated heterocycles. The van der Waals surface area contributed by atoms with Gasteiger partial charge in [0.15, 0.2) is 17.5 Å². The van der Waals surface area contributed by atoms with Gasteiger partial charge >= 0.3 is 0 Å². The third-order valence-electron chi connectivity index (χ3n) is 4.65. The van der Waals surface area contributed by atoms with Crippen LogP contribution in [0.5, 0.6) is 23.1 Å². The Kier molecular flexibility index (Phi) is 10.7. The maximum atomic E-state index is 13.3. The largest absolute Gasteiger partial charge is 0.493 e. The zero-order chi connectivity index (χ0) is 22.8. The quantitative estimate of drug-likeness (QED) is 0.225. The van der Waals surface area contributed by atoms with E-state index < -0.39 is 0 Å². The molecule has 9 heteroatoms. The molecular weight excluding hydrogens is 538 g/mol. The molecule has 0 bridgehead atoms. The summed E-state index contributed by atoms with van der Waals surface area (Å²) in [6.07, 6.45) is 2.51. The molecule has 1 aromatic heterocycles. The SMILES string of the molecule is CN=C(NCCc1ccc(OC)c(OC)c1)NCc1ccc(Oc2cccc(F)c2)nc1.I. The summed E-state index contributed by atoms with van der Waals surface area (Å²) in [6.45, 7) is 1.25. The van der Waals surface area contributed by atoms with Crippen LogP contribution < -0.4 is 24.8 Å². The van der Waals surface area contributed by atoms with Crippen LogP contribution >= 0.6 is 24.0 Å². The van der Waals surface area contributed by atoms with Gasteiger partial charge in [-0.25, -0.2) is 9.37 Å². The van der Waals surface area contributed by atoms with Crippen molar-refractivity contribution >= 4 is 29.9 Å². The van der Waals surface area contributed by atoms with Crippen LogP contribution in [0.15, 0.2) is 65.8 Å². The molecule has 0 atom stereocenters. The van der Waals surface area contributed by atoms with Crippen LogP contribution in [0.1, 0.15) is 11.1 Å². The second kappa shape index (κ2) is 13.5. The van der Waals surface area contributed by atoms with Crippen molar-refractivity contribution in [3.63, 3.8) is 0 Å². The van der Waals surface area contributed by atoms with Gasteiger partial charge in [-0.1, -0.05) is 18.2 Å². The van der Waals surface area contributed by atoms with Crippen molar-refractivity contribution in [3.05, 3.63) is 77.7 Å². The minimum atomic E-state index is -0.353. The van der Waals surface area contributed by atoms with Crippen molar-refractivity contribution in [2.24, 2.45) is 4.99 Å². The Balaban J connectivity index is 0.00000385. The van der Waals surface area contributed by atoms with Crippen LogP contribution in [0.2, 0.25) is 0 Å². The number of nitrogens with one attached hydrogen (secondary N) is 2. The van der Waals surface area contributed by atoms with E-state index in [9.17, 15) is 4.39 Å². The summed E-state index contributed by atoms with van der Waals surface area (Å²) in [7, 11) is 4.97. The molecule has 33 heavy (non-hydrogen) atoms. The van der Waals surface area contributed by atoms with Gasteiger partial charge in [0.05, 0.1) is 14.2 Å². The minimum absolute atomic E-state index is 0. The van der Waals surface area contributed by atoms with Crippen LogP contribution in [0.25, 0.3) is 0 Å². The van der Waals surface area contributed by atoms with Crippen LogP contribution in [0.4, 0.5) is 4.39 Å². The van der Waals surface area contributed by atoms with Gasteiger partial charge < -0.3 is 24.8 Å². The molecule has 7 nitrogen and oxygen atoms in total. The van der Waals surface area contributed by atoms with Crippen LogP contribution in [-0.4, -0.2) is 38.8 Å². The van der Waals surface area contributed by atoms with Gasteiger partial charge in [-0.15, -0.1) is 24.0 Å². The average Bonchev–Trinajstić information content (AvgIpc) is 2.82. The van der Waals surface area contributed by atoms with E-state index in [-0.39, 0.29) is 29.8 Å². The number of aromatic nitrogens is 1. The van der Waals surface area contributed by atoms with Crippen molar-refractivity contribution in [2.75, 3.05) is 27.8 Å². The van der Waals surface area contributed by atoms with E-state index in [1.54, 1.807) is 45.7 Å². The highest BCUT2D eigenvalue weighted by Crippen LogP contribution is 2.27. The fourth-order valence-corrected chi connectivity index (χ4v) is 2.99. The van der Waals surface area contributed by atoms with Crippen molar-refractivity contribution in [3.8, 4) is 23.1 Å². The molecule has 0 aliphatic heterocycles. The molecule has 0 radical (unpaired) electrons. The number of guanidine groups is 1. The van der Waals surface area contributed by atoms with Gasteiger partial charge in [0, 0.05) is 38.5 Å². The summed E-state index contributed by atoms with van der Waals surface area (Å²) in [5, 5.41) is 6.54. The highest BCUT2D eigenvalue weighted by Gasteiger charge is 2.06. The van der Waals surface area contributed by atoms with E-state index >= 15 is 0 Å². The third kappa shape index (κ3) is 8.08. The van der Waals surface area contributed by atoms with E-state index in [0.29, 0.717) is 42.2 Å². The normalized spacial score (nSPS) is 10.7. The summed E-state index contributed by atoms with van der Waals surface area (Å²) < 4.78 is 29.4. The molecule has 3 aromatic rings. The highest BCUT2D eigenvalue weighted by atomic mass is 127. The topological polar surface area (TPSA) is 77.0 Å². The Hall–Kier alpha value is -3.08. The summed E-state index contributed by atoms with van der Waals surface area (Å²) in [5.41, 5.74) is 2.09. The Morgan fingerprint density at radius 3 is 2.42 bits per heavy atom. The summed E-state index contributed by atoms with van der Waals surface area (Å²) >= 11 is 0. The minimum Gasteiger partial charge on any atom is -0.493 e.